The Kier molecular flexibility index (Phi) is 5.69. The van der Waals surface area contributed by atoms with Crippen LogP contribution in [-0.4, -0.2) is 25.1 Å². The van der Waals surface area contributed by atoms with Gasteiger partial charge in [0.1, 0.15) is 25.1 Å². The minimum atomic E-state index is 0.514. The molecule has 1 aromatic rings. The molecule has 0 atom stereocenters. The van der Waals surface area contributed by atoms with Gasteiger partial charge in [0.15, 0.2) is 0 Å². The van der Waals surface area contributed by atoms with Crippen molar-refractivity contribution in [2.75, 3.05) is 13.7 Å². The molecule has 92 valence electrons. The normalized spacial score (nSPS) is 12.5. The fourth-order valence-electron chi connectivity index (χ4n) is 1.24. The summed E-state index contributed by atoms with van der Waals surface area (Å²) in [6.45, 7) is 4.22. The molecule has 0 aliphatic heterocycles. The molecule has 0 bridgehead atoms. The van der Waals surface area contributed by atoms with E-state index in [0.29, 0.717) is 18.0 Å². The molecule has 4 nitrogen and oxygen atoms in total. The Morgan fingerprint density at radius 3 is 2.41 bits per heavy atom. The minimum absolute atomic E-state index is 0.514. The smallest absolute Gasteiger partial charge is 0.134 e. The summed E-state index contributed by atoms with van der Waals surface area (Å²) in [4.78, 5) is 9.84. The predicted octanol–water partition coefficient (Wildman–Crippen LogP) is 3.21. The first-order chi connectivity index (χ1) is 8.19. The molecule has 0 saturated heterocycles. The summed E-state index contributed by atoms with van der Waals surface area (Å²) < 4.78 is 1.01. The maximum atomic E-state index is 5.09. The van der Waals surface area contributed by atoms with E-state index in [-0.39, 0.29) is 0 Å². The van der Waals surface area contributed by atoms with Crippen LogP contribution in [0, 0.1) is 0 Å². The van der Waals surface area contributed by atoms with Crippen molar-refractivity contribution in [2.24, 2.45) is 10.3 Å². The van der Waals surface area contributed by atoms with Crippen LogP contribution in [0.15, 0.2) is 39.0 Å². The Labute approximate surface area is 109 Å². The molecule has 0 amide bonds. The second kappa shape index (κ2) is 7.06. The van der Waals surface area contributed by atoms with E-state index in [2.05, 4.69) is 26.2 Å². The molecule has 0 aliphatic rings. The van der Waals surface area contributed by atoms with Gasteiger partial charge >= 0.3 is 0 Å². The molecule has 0 radical (unpaired) electrons. The highest BCUT2D eigenvalue weighted by molar-refractivity contribution is 9.10. The lowest BCUT2D eigenvalue weighted by molar-refractivity contribution is 0.159. The molecule has 1 aromatic carbocycles. The molecule has 1 rings (SSSR count). The molecule has 0 aliphatic carbocycles. The standard InChI is InChI=1S/C12H15BrN2O2/c1-4-17-15-12(9(2)14-16-3)10-5-7-11(13)8-6-10/h5-8H,4H2,1-3H3/b14-9+,15-12-. The van der Waals surface area contributed by atoms with Crippen molar-refractivity contribution < 1.29 is 9.68 Å². The highest BCUT2D eigenvalue weighted by Crippen LogP contribution is 2.12. The maximum absolute atomic E-state index is 5.09. The van der Waals surface area contributed by atoms with Gasteiger partial charge in [-0.05, 0) is 26.0 Å². The number of benzene rings is 1. The Balaban J connectivity index is 3.06. The summed E-state index contributed by atoms with van der Waals surface area (Å²) in [5, 5.41) is 7.92. The van der Waals surface area contributed by atoms with Crippen molar-refractivity contribution in [3.8, 4) is 0 Å². The van der Waals surface area contributed by atoms with Crippen molar-refractivity contribution in [1.29, 1.82) is 0 Å². The predicted molar refractivity (Wildman–Crippen MR) is 72.4 cm³/mol. The van der Waals surface area contributed by atoms with Crippen molar-refractivity contribution >= 4 is 27.4 Å². The maximum Gasteiger partial charge on any atom is 0.134 e. The second-order valence-electron chi connectivity index (χ2n) is 3.22. The number of hydrogen-bond acceptors (Lipinski definition) is 4. The average Bonchev–Trinajstić information content (AvgIpc) is 2.32. The fourth-order valence-corrected chi connectivity index (χ4v) is 1.51. The summed E-state index contributed by atoms with van der Waals surface area (Å²) >= 11 is 3.39. The first kappa shape index (κ1) is 13.7. The van der Waals surface area contributed by atoms with Crippen molar-refractivity contribution in [3.05, 3.63) is 34.3 Å². The van der Waals surface area contributed by atoms with Crippen LogP contribution in [0.1, 0.15) is 19.4 Å². The van der Waals surface area contributed by atoms with Crippen LogP contribution in [0.5, 0.6) is 0 Å². The van der Waals surface area contributed by atoms with Gasteiger partial charge in [-0.2, -0.15) is 0 Å². The first-order valence-electron chi connectivity index (χ1n) is 5.23. The van der Waals surface area contributed by atoms with Crippen LogP contribution in [0.2, 0.25) is 0 Å². The van der Waals surface area contributed by atoms with E-state index in [0.717, 1.165) is 10.0 Å². The van der Waals surface area contributed by atoms with Crippen LogP contribution in [0.3, 0.4) is 0 Å². The zero-order valence-electron chi connectivity index (χ0n) is 10.1. The van der Waals surface area contributed by atoms with Gasteiger partial charge in [-0.3, -0.25) is 0 Å². The van der Waals surface area contributed by atoms with E-state index in [4.69, 9.17) is 9.68 Å². The van der Waals surface area contributed by atoms with Gasteiger partial charge in [0.05, 0.1) is 0 Å². The molecule has 5 heteroatoms. The van der Waals surface area contributed by atoms with Crippen LogP contribution in [0.4, 0.5) is 0 Å². The summed E-state index contributed by atoms with van der Waals surface area (Å²) in [5.41, 5.74) is 2.27. The Morgan fingerprint density at radius 1 is 1.24 bits per heavy atom. The van der Waals surface area contributed by atoms with Crippen LogP contribution in [-0.2, 0) is 9.68 Å². The van der Waals surface area contributed by atoms with Crippen LogP contribution >= 0.6 is 15.9 Å². The minimum Gasteiger partial charge on any atom is -0.399 e. The van der Waals surface area contributed by atoms with Gasteiger partial charge in [-0.15, -0.1) is 0 Å². The van der Waals surface area contributed by atoms with Crippen molar-refractivity contribution in [3.63, 3.8) is 0 Å². The Bertz CT molecular complexity index is 413. The number of nitrogens with zero attached hydrogens (tertiary/aromatic N) is 2. The largest absolute Gasteiger partial charge is 0.399 e. The summed E-state index contributed by atoms with van der Waals surface area (Å²) in [7, 11) is 1.50. The third kappa shape index (κ3) is 4.19. The van der Waals surface area contributed by atoms with Gasteiger partial charge in [0, 0.05) is 10.0 Å². The lowest BCUT2D eigenvalue weighted by Crippen LogP contribution is -2.13. The molecule has 0 N–H and O–H groups in total. The van der Waals surface area contributed by atoms with E-state index in [1.165, 1.54) is 7.11 Å². The zero-order chi connectivity index (χ0) is 12.7. The molecule has 0 aromatic heterocycles. The summed E-state index contributed by atoms with van der Waals surface area (Å²) in [6, 6.07) is 7.76. The third-order valence-electron chi connectivity index (χ3n) is 1.97. The fraction of sp³-hybridized carbons (Fsp3) is 0.333. The highest BCUT2D eigenvalue weighted by atomic mass is 79.9. The summed E-state index contributed by atoms with van der Waals surface area (Å²) in [6.07, 6.45) is 0. The average molecular weight is 299 g/mol. The molecule has 17 heavy (non-hydrogen) atoms. The monoisotopic (exact) mass is 298 g/mol. The number of oxime groups is 2. The van der Waals surface area contributed by atoms with Crippen molar-refractivity contribution in [2.45, 2.75) is 13.8 Å². The SMILES string of the molecule is CCO/N=C(/C(C)=N/OC)c1ccc(Br)cc1. The topological polar surface area (TPSA) is 43.2 Å². The summed E-state index contributed by atoms with van der Waals surface area (Å²) in [5.74, 6) is 0. The first-order valence-corrected chi connectivity index (χ1v) is 6.02. The van der Waals surface area contributed by atoms with E-state index in [1.54, 1.807) is 0 Å². The molecule has 0 unspecified atom stereocenters. The molecule has 0 fully saturated rings. The van der Waals surface area contributed by atoms with Crippen LogP contribution < -0.4 is 0 Å². The van der Waals surface area contributed by atoms with Crippen molar-refractivity contribution in [1.82, 2.24) is 0 Å². The highest BCUT2D eigenvalue weighted by Gasteiger charge is 2.09. The van der Waals surface area contributed by atoms with Gasteiger partial charge < -0.3 is 9.68 Å². The second-order valence-corrected chi connectivity index (χ2v) is 4.14. The van der Waals surface area contributed by atoms with Gasteiger partial charge in [-0.1, -0.05) is 38.4 Å². The molecular formula is C12H15BrN2O2. The molecule has 0 heterocycles. The number of hydrogen-bond donors (Lipinski definition) is 0. The molecule has 0 saturated carbocycles. The van der Waals surface area contributed by atoms with E-state index >= 15 is 0 Å². The van der Waals surface area contributed by atoms with E-state index in [1.807, 2.05) is 38.1 Å². The number of halogens is 1. The van der Waals surface area contributed by atoms with E-state index < -0.39 is 0 Å². The van der Waals surface area contributed by atoms with Gasteiger partial charge in [0.2, 0.25) is 0 Å². The lowest BCUT2D eigenvalue weighted by atomic mass is 10.1. The third-order valence-corrected chi connectivity index (χ3v) is 2.50. The zero-order valence-corrected chi connectivity index (χ0v) is 11.7. The van der Waals surface area contributed by atoms with Gasteiger partial charge in [0.25, 0.3) is 0 Å². The quantitative estimate of drug-likeness (QED) is 0.619. The number of rotatable bonds is 5. The molecular weight excluding hydrogens is 284 g/mol. The molecule has 0 spiro atoms. The van der Waals surface area contributed by atoms with Crippen LogP contribution in [0.25, 0.3) is 0 Å². The Hall–Kier alpha value is -1.36. The van der Waals surface area contributed by atoms with E-state index in [9.17, 15) is 0 Å². The van der Waals surface area contributed by atoms with Gasteiger partial charge in [-0.25, -0.2) is 0 Å². The Morgan fingerprint density at radius 2 is 1.88 bits per heavy atom. The lowest BCUT2D eigenvalue weighted by Gasteiger charge is -2.05.